The van der Waals surface area contributed by atoms with Crippen molar-refractivity contribution < 1.29 is 14.1 Å². The molecule has 114 valence electrons. The van der Waals surface area contributed by atoms with Crippen molar-refractivity contribution in [3.8, 4) is 0 Å². The van der Waals surface area contributed by atoms with Gasteiger partial charge in [-0.1, -0.05) is 19.3 Å². The molecule has 1 fully saturated rings. The lowest BCUT2D eigenvalue weighted by molar-refractivity contribution is -0.384. The van der Waals surface area contributed by atoms with Crippen LogP contribution < -0.4 is 11.1 Å². The standard InChI is InChI=1S/C14H18FN3O3/c15-10-4-5-11(12(8-10)18(20)21)17-13(19)14(9-16)6-2-1-3-7-14/h4-5,8H,1-3,6-7,9,16H2,(H,17,19). The second kappa shape index (κ2) is 6.17. The van der Waals surface area contributed by atoms with Crippen molar-refractivity contribution in [1.82, 2.24) is 0 Å². The van der Waals surface area contributed by atoms with E-state index in [1.165, 1.54) is 6.07 Å². The van der Waals surface area contributed by atoms with Gasteiger partial charge < -0.3 is 11.1 Å². The highest BCUT2D eigenvalue weighted by molar-refractivity contribution is 5.97. The highest BCUT2D eigenvalue weighted by Crippen LogP contribution is 2.37. The van der Waals surface area contributed by atoms with Crippen LogP contribution in [0.3, 0.4) is 0 Å². The molecule has 1 aromatic rings. The summed E-state index contributed by atoms with van der Waals surface area (Å²) in [5, 5.41) is 13.5. The van der Waals surface area contributed by atoms with E-state index in [0.717, 1.165) is 31.4 Å². The number of rotatable bonds is 4. The molecular weight excluding hydrogens is 277 g/mol. The predicted octanol–water partition coefficient (Wildman–Crippen LogP) is 2.58. The molecule has 1 aliphatic rings. The first-order valence-corrected chi connectivity index (χ1v) is 6.94. The quantitative estimate of drug-likeness (QED) is 0.658. The number of carbonyl (C=O) groups excluding carboxylic acids is 1. The first-order valence-electron chi connectivity index (χ1n) is 6.94. The number of amides is 1. The molecule has 1 aromatic carbocycles. The van der Waals surface area contributed by atoms with Crippen molar-refractivity contribution in [2.24, 2.45) is 11.1 Å². The molecular formula is C14H18FN3O3. The normalized spacial score (nSPS) is 17.2. The third-order valence-corrected chi connectivity index (χ3v) is 4.09. The lowest BCUT2D eigenvalue weighted by atomic mass is 9.73. The van der Waals surface area contributed by atoms with Crippen LogP contribution in [0.1, 0.15) is 32.1 Å². The molecule has 0 aromatic heterocycles. The number of hydrogen-bond donors (Lipinski definition) is 2. The first-order chi connectivity index (χ1) is 9.98. The lowest BCUT2D eigenvalue weighted by Crippen LogP contribution is -2.43. The van der Waals surface area contributed by atoms with E-state index in [0.29, 0.717) is 12.8 Å². The summed E-state index contributed by atoms with van der Waals surface area (Å²) in [6.07, 6.45) is 4.23. The molecule has 1 amide bonds. The maximum Gasteiger partial charge on any atom is 0.295 e. The number of nitrogens with two attached hydrogens (primary N) is 1. The third kappa shape index (κ3) is 3.18. The second-order valence-electron chi connectivity index (χ2n) is 5.42. The molecule has 3 N–H and O–H groups in total. The summed E-state index contributed by atoms with van der Waals surface area (Å²) < 4.78 is 13.1. The highest BCUT2D eigenvalue weighted by atomic mass is 19.1. The maximum atomic E-state index is 13.1. The smallest absolute Gasteiger partial charge is 0.295 e. The summed E-state index contributed by atoms with van der Waals surface area (Å²) in [5.74, 6) is -1.04. The van der Waals surface area contributed by atoms with E-state index in [2.05, 4.69) is 5.32 Å². The summed E-state index contributed by atoms with van der Waals surface area (Å²) in [4.78, 5) is 22.7. The zero-order valence-electron chi connectivity index (χ0n) is 11.6. The van der Waals surface area contributed by atoms with Gasteiger partial charge >= 0.3 is 0 Å². The van der Waals surface area contributed by atoms with Crippen molar-refractivity contribution in [2.75, 3.05) is 11.9 Å². The van der Waals surface area contributed by atoms with E-state index in [9.17, 15) is 19.3 Å². The maximum absolute atomic E-state index is 13.1. The number of hydrogen-bond acceptors (Lipinski definition) is 4. The molecule has 0 unspecified atom stereocenters. The van der Waals surface area contributed by atoms with Gasteiger partial charge in [-0.3, -0.25) is 14.9 Å². The molecule has 0 bridgehead atoms. The average Bonchev–Trinajstić information content (AvgIpc) is 2.49. The number of nitro groups is 1. The van der Waals surface area contributed by atoms with Crippen LogP contribution in [0.15, 0.2) is 18.2 Å². The number of benzene rings is 1. The zero-order valence-corrected chi connectivity index (χ0v) is 11.6. The van der Waals surface area contributed by atoms with Crippen LogP contribution in [0.4, 0.5) is 15.8 Å². The Morgan fingerprint density at radius 2 is 2.05 bits per heavy atom. The van der Waals surface area contributed by atoms with Gasteiger partial charge in [0.25, 0.3) is 5.69 Å². The Balaban J connectivity index is 2.24. The number of carbonyl (C=O) groups is 1. The number of halogens is 1. The molecule has 21 heavy (non-hydrogen) atoms. The molecule has 6 nitrogen and oxygen atoms in total. The van der Waals surface area contributed by atoms with Crippen molar-refractivity contribution >= 4 is 17.3 Å². The predicted molar refractivity (Wildman–Crippen MR) is 76.3 cm³/mol. The molecule has 1 saturated carbocycles. The van der Waals surface area contributed by atoms with Crippen LogP contribution in [0.25, 0.3) is 0 Å². The van der Waals surface area contributed by atoms with Gasteiger partial charge in [-0.2, -0.15) is 0 Å². The van der Waals surface area contributed by atoms with E-state index < -0.39 is 21.8 Å². The number of nitrogens with one attached hydrogen (secondary N) is 1. The fraction of sp³-hybridized carbons (Fsp3) is 0.500. The minimum absolute atomic E-state index is 0.00444. The summed E-state index contributed by atoms with van der Waals surface area (Å²) in [7, 11) is 0. The Bertz CT molecular complexity index is 556. The Labute approximate surface area is 121 Å². The lowest BCUT2D eigenvalue weighted by Gasteiger charge is -2.34. The molecule has 0 spiro atoms. The number of nitro benzene ring substituents is 1. The molecule has 0 radical (unpaired) electrons. The van der Waals surface area contributed by atoms with E-state index in [-0.39, 0.29) is 18.1 Å². The fourth-order valence-electron chi connectivity index (χ4n) is 2.77. The van der Waals surface area contributed by atoms with Gasteiger partial charge in [0.05, 0.1) is 16.4 Å². The highest BCUT2D eigenvalue weighted by Gasteiger charge is 2.38. The molecule has 1 aliphatic carbocycles. The van der Waals surface area contributed by atoms with E-state index in [4.69, 9.17) is 5.73 Å². The molecule has 2 rings (SSSR count). The van der Waals surface area contributed by atoms with Crippen molar-refractivity contribution in [3.05, 3.63) is 34.1 Å². The zero-order chi connectivity index (χ0) is 15.5. The van der Waals surface area contributed by atoms with Crippen molar-refractivity contribution in [1.29, 1.82) is 0 Å². The minimum Gasteiger partial charge on any atom is -0.329 e. The Hall–Kier alpha value is -2.02. The Morgan fingerprint density at radius 1 is 1.38 bits per heavy atom. The fourth-order valence-corrected chi connectivity index (χ4v) is 2.77. The van der Waals surface area contributed by atoms with Crippen LogP contribution >= 0.6 is 0 Å². The Morgan fingerprint density at radius 3 is 2.62 bits per heavy atom. The molecule has 7 heteroatoms. The summed E-state index contributed by atoms with van der Waals surface area (Å²) in [6.45, 7) is 0.202. The van der Waals surface area contributed by atoms with E-state index in [1.807, 2.05) is 0 Å². The SMILES string of the molecule is NCC1(C(=O)Nc2ccc(F)cc2[N+](=O)[O-])CCCCC1. The first kappa shape index (κ1) is 15.4. The largest absolute Gasteiger partial charge is 0.329 e. The summed E-state index contributed by atoms with van der Waals surface area (Å²) >= 11 is 0. The van der Waals surface area contributed by atoms with Gasteiger partial charge in [-0.25, -0.2) is 4.39 Å². The van der Waals surface area contributed by atoms with Gasteiger partial charge in [0, 0.05) is 6.54 Å². The van der Waals surface area contributed by atoms with Crippen molar-refractivity contribution in [2.45, 2.75) is 32.1 Å². The van der Waals surface area contributed by atoms with Gasteiger partial charge in [0.2, 0.25) is 5.91 Å². The van der Waals surface area contributed by atoms with Gasteiger partial charge in [0.15, 0.2) is 0 Å². The van der Waals surface area contributed by atoms with Gasteiger partial charge in [-0.05, 0) is 25.0 Å². The number of nitrogens with zero attached hydrogens (tertiary/aromatic N) is 1. The van der Waals surface area contributed by atoms with E-state index >= 15 is 0 Å². The van der Waals surface area contributed by atoms with Crippen LogP contribution in [-0.2, 0) is 4.79 Å². The van der Waals surface area contributed by atoms with Crippen LogP contribution in [0, 0.1) is 21.3 Å². The van der Waals surface area contributed by atoms with E-state index in [1.54, 1.807) is 0 Å². The molecule has 0 aliphatic heterocycles. The van der Waals surface area contributed by atoms with Crippen LogP contribution in [-0.4, -0.2) is 17.4 Å². The minimum atomic E-state index is -0.717. The monoisotopic (exact) mass is 295 g/mol. The third-order valence-electron chi connectivity index (χ3n) is 4.09. The van der Waals surface area contributed by atoms with Crippen LogP contribution in [0.5, 0.6) is 0 Å². The molecule has 0 atom stereocenters. The van der Waals surface area contributed by atoms with Gasteiger partial charge in [-0.15, -0.1) is 0 Å². The number of anilines is 1. The van der Waals surface area contributed by atoms with Crippen molar-refractivity contribution in [3.63, 3.8) is 0 Å². The topological polar surface area (TPSA) is 98.3 Å². The van der Waals surface area contributed by atoms with Crippen LogP contribution in [0.2, 0.25) is 0 Å². The molecule has 0 saturated heterocycles. The summed E-state index contributed by atoms with van der Waals surface area (Å²) in [5.41, 5.74) is 4.63. The summed E-state index contributed by atoms with van der Waals surface area (Å²) in [6, 6.07) is 3.09. The average molecular weight is 295 g/mol. The molecule has 0 heterocycles. The van der Waals surface area contributed by atoms with Gasteiger partial charge in [0.1, 0.15) is 11.5 Å². The second-order valence-corrected chi connectivity index (χ2v) is 5.42. The Kier molecular flexibility index (Phi) is 4.52.